The van der Waals surface area contributed by atoms with Crippen LogP contribution in [-0.4, -0.2) is 23.5 Å². The predicted octanol–water partition coefficient (Wildman–Crippen LogP) is 2.72. The van der Waals surface area contributed by atoms with E-state index in [1.54, 1.807) is 26.0 Å². The Morgan fingerprint density at radius 1 is 1.43 bits per heavy atom. The summed E-state index contributed by atoms with van der Waals surface area (Å²) in [5, 5.41) is 12.0. The van der Waals surface area contributed by atoms with Gasteiger partial charge in [0.1, 0.15) is 0 Å². The molecule has 0 aliphatic carbocycles. The van der Waals surface area contributed by atoms with Crippen molar-refractivity contribution in [1.82, 2.24) is 5.32 Å². The molecule has 0 saturated carbocycles. The maximum atomic E-state index is 13.6. The van der Waals surface area contributed by atoms with Gasteiger partial charge in [0.15, 0.2) is 17.2 Å². The summed E-state index contributed by atoms with van der Waals surface area (Å²) in [5.74, 6) is -2.69. The molecule has 1 heterocycles. The number of carboxylic acid groups (broad SMARTS) is 1. The molecule has 0 aliphatic rings. The summed E-state index contributed by atoms with van der Waals surface area (Å²) in [4.78, 5) is 23.0. The quantitative estimate of drug-likeness (QED) is 0.888. The first-order valence-electron chi connectivity index (χ1n) is 6.64. The average molecular weight is 293 g/mol. The van der Waals surface area contributed by atoms with E-state index in [4.69, 9.17) is 9.52 Å². The summed E-state index contributed by atoms with van der Waals surface area (Å²) in [6, 6.07) is 4.46. The van der Waals surface area contributed by atoms with E-state index in [1.165, 1.54) is 6.07 Å². The summed E-state index contributed by atoms with van der Waals surface area (Å²) in [7, 11) is 0. The number of furan rings is 1. The molecule has 0 radical (unpaired) electrons. The smallest absolute Gasteiger partial charge is 0.308 e. The van der Waals surface area contributed by atoms with E-state index >= 15 is 0 Å². The highest BCUT2D eigenvalue weighted by atomic mass is 19.1. The van der Waals surface area contributed by atoms with Gasteiger partial charge in [0, 0.05) is 17.5 Å². The van der Waals surface area contributed by atoms with Crippen molar-refractivity contribution < 1.29 is 23.5 Å². The molecule has 1 atom stereocenters. The molecule has 2 N–H and O–H groups in total. The average Bonchev–Trinajstić information content (AvgIpc) is 2.78. The molecule has 112 valence electrons. The van der Waals surface area contributed by atoms with Gasteiger partial charge in [-0.3, -0.25) is 9.59 Å². The molecule has 0 aliphatic heterocycles. The van der Waals surface area contributed by atoms with Crippen LogP contribution in [0.3, 0.4) is 0 Å². The molecule has 5 nitrogen and oxygen atoms in total. The molecule has 1 aromatic heterocycles. The normalized spacial score (nSPS) is 12.3. The van der Waals surface area contributed by atoms with Crippen LogP contribution in [0.4, 0.5) is 4.39 Å². The molecule has 0 bridgehead atoms. The van der Waals surface area contributed by atoms with Crippen LogP contribution in [0.25, 0.3) is 11.0 Å². The molecular formula is C15H16FNO4. The molecule has 21 heavy (non-hydrogen) atoms. The second-order valence-corrected chi connectivity index (χ2v) is 4.83. The summed E-state index contributed by atoms with van der Waals surface area (Å²) in [5.41, 5.74) is 0.566. The standard InChI is InChI=1S/C15H16FNO4/c1-3-9(15(19)20)7-17-14(18)12-8(2)10-5-4-6-11(16)13(10)21-12/h4-6,9H,3,7H2,1-2H3,(H,17,18)(H,19,20). The van der Waals surface area contributed by atoms with Crippen molar-refractivity contribution >= 4 is 22.8 Å². The Morgan fingerprint density at radius 2 is 2.14 bits per heavy atom. The Balaban J connectivity index is 2.22. The minimum absolute atomic E-state index is 0.00361. The highest BCUT2D eigenvalue weighted by Crippen LogP contribution is 2.27. The molecular weight excluding hydrogens is 277 g/mol. The highest BCUT2D eigenvalue weighted by molar-refractivity contribution is 5.99. The number of nitrogens with one attached hydrogen (secondary N) is 1. The third kappa shape index (κ3) is 2.89. The Bertz CT molecular complexity index is 692. The minimum Gasteiger partial charge on any atom is -0.481 e. The summed E-state index contributed by atoms with van der Waals surface area (Å²) >= 11 is 0. The van der Waals surface area contributed by atoms with Crippen LogP contribution in [0, 0.1) is 18.7 Å². The number of halogens is 1. The number of benzene rings is 1. The number of aryl methyl sites for hydroxylation is 1. The van der Waals surface area contributed by atoms with Crippen molar-refractivity contribution in [3.05, 3.63) is 35.3 Å². The van der Waals surface area contributed by atoms with Crippen LogP contribution in [0.5, 0.6) is 0 Å². The monoisotopic (exact) mass is 293 g/mol. The third-order valence-corrected chi connectivity index (χ3v) is 3.47. The number of carboxylic acids is 1. The number of fused-ring (bicyclic) bond motifs is 1. The number of para-hydroxylation sites is 1. The summed E-state index contributed by atoms with van der Waals surface area (Å²) < 4.78 is 18.9. The van der Waals surface area contributed by atoms with Crippen LogP contribution >= 0.6 is 0 Å². The first kappa shape index (κ1) is 15.0. The Morgan fingerprint density at radius 3 is 2.71 bits per heavy atom. The zero-order valence-corrected chi connectivity index (χ0v) is 11.8. The van der Waals surface area contributed by atoms with Gasteiger partial charge in [-0.1, -0.05) is 19.1 Å². The summed E-state index contributed by atoms with van der Waals surface area (Å²) in [6.07, 6.45) is 0.406. The van der Waals surface area contributed by atoms with Gasteiger partial charge in [-0.15, -0.1) is 0 Å². The highest BCUT2D eigenvalue weighted by Gasteiger charge is 2.21. The van der Waals surface area contributed by atoms with E-state index in [2.05, 4.69) is 5.32 Å². The molecule has 0 saturated heterocycles. The summed E-state index contributed by atoms with van der Waals surface area (Å²) in [6.45, 7) is 3.39. The van der Waals surface area contributed by atoms with Crippen LogP contribution in [0.1, 0.15) is 29.5 Å². The largest absolute Gasteiger partial charge is 0.481 e. The fourth-order valence-electron chi connectivity index (χ4n) is 2.13. The lowest BCUT2D eigenvalue weighted by Gasteiger charge is -2.10. The number of carbonyl (C=O) groups excluding carboxylic acids is 1. The number of amides is 1. The number of rotatable bonds is 5. The molecule has 1 unspecified atom stereocenters. The molecule has 0 spiro atoms. The lowest BCUT2D eigenvalue weighted by atomic mass is 10.1. The second kappa shape index (κ2) is 5.95. The van der Waals surface area contributed by atoms with Crippen molar-refractivity contribution in [3.63, 3.8) is 0 Å². The van der Waals surface area contributed by atoms with Crippen molar-refractivity contribution in [1.29, 1.82) is 0 Å². The van der Waals surface area contributed by atoms with E-state index in [9.17, 15) is 14.0 Å². The molecule has 1 aromatic carbocycles. The van der Waals surface area contributed by atoms with Crippen molar-refractivity contribution in [3.8, 4) is 0 Å². The van der Waals surface area contributed by atoms with E-state index in [-0.39, 0.29) is 17.9 Å². The number of carbonyl (C=O) groups is 2. The maximum Gasteiger partial charge on any atom is 0.308 e. The van der Waals surface area contributed by atoms with Gasteiger partial charge in [0.05, 0.1) is 5.92 Å². The second-order valence-electron chi connectivity index (χ2n) is 4.83. The molecule has 6 heteroatoms. The SMILES string of the molecule is CCC(CNC(=O)c1oc2c(F)cccc2c1C)C(=O)O. The van der Waals surface area contributed by atoms with Gasteiger partial charge in [-0.2, -0.15) is 0 Å². The lowest BCUT2D eigenvalue weighted by Crippen LogP contribution is -2.32. The van der Waals surface area contributed by atoms with Crippen LogP contribution in [-0.2, 0) is 4.79 Å². The van der Waals surface area contributed by atoms with Crippen molar-refractivity contribution in [2.45, 2.75) is 20.3 Å². The van der Waals surface area contributed by atoms with Gasteiger partial charge in [-0.25, -0.2) is 4.39 Å². The van der Waals surface area contributed by atoms with E-state index < -0.39 is 23.6 Å². The Kier molecular flexibility index (Phi) is 4.26. The molecule has 2 aromatic rings. The predicted molar refractivity (Wildman–Crippen MR) is 74.7 cm³/mol. The zero-order valence-electron chi connectivity index (χ0n) is 11.8. The molecule has 1 amide bonds. The third-order valence-electron chi connectivity index (χ3n) is 3.47. The van der Waals surface area contributed by atoms with Crippen molar-refractivity contribution in [2.75, 3.05) is 6.54 Å². The fraction of sp³-hybridized carbons (Fsp3) is 0.333. The number of hydrogen-bond acceptors (Lipinski definition) is 3. The van der Waals surface area contributed by atoms with E-state index in [0.29, 0.717) is 17.4 Å². The first-order valence-corrected chi connectivity index (χ1v) is 6.64. The minimum atomic E-state index is -0.967. The van der Waals surface area contributed by atoms with Crippen molar-refractivity contribution in [2.24, 2.45) is 5.92 Å². The van der Waals surface area contributed by atoms with Gasteiger partial charge >= 0.3 is 5.97 Å². The Hall–Kier alpha value is -2.37. The van der Waals surface area contributed by atoms with E-state index in [0.717, 1.165) is 0 Å². The lowest BCUT2D eigenvalue weighted by molar-refractivity contribution is -0.141. The number of aliphatic carboxylic acids is 1. The Labute approximate surface area is 120 Å². The topological polar surface area (TPSA) is 79.5 Å². The first-order chi connectivity index (χ1) is 9.95. The fourth-order valence-corrected chi connectivity index (χ4v) is 2.13. The van der Waals surface area contributed by atoms with Gasteiger partial charge in [-0.05, 0) is 19.4 Å². The van der Waals surface area contributed by atoms with Crippen LogP contribution < -0.4 is 5.32 Å². The van der Waals surface area contributed by atoms with E-state index in [1.807, 2.05) is 0 Å². The molecule has 0 fully saturated rings. The zero-order chi connectivity index (χ0) is 15.6. The van der Waals surface area contributed by atoms with Gasteiger partial charge < -0.3 is 14.8 Å². The van der Waals surface area contributed by atoms with Crippen LogP contribution in [0.15, 0.2) is 22.6 Å². The maximum absolute atomic E-state index is 13.6. The van der Waals surface area contributed by atoms with Gasteiger partial charge in [0.25, 0.3) is 5.91 Å². The van der Waals surface area contributed by atoms with Gasteiger partial charge in [0.2, 0.25) is 0 Å². The van der Waals surface area contributed by atoms with Crippen LogP contribution in [0.2, 0.25) is 0 Å². The number of hydrogen-bond donors (Lipinski definition) is 2. The molecule has 2 rings (SSSR count).